The fourth-order valence-corrected chi connectivity index (χ4v) is 2.49. The quantitative estimate of drug-likeness (QED) is 0.792. The second-order valence-electron chi connectivity index (χ2n) is 5.93. The molecule has 1 aliphatic rings. The molecule has 1 rings (SSSR count). The van der Waals surface area contributed by atoms with E-state index in [2.05, 4.69) is 19.2 Å². The van der Waals surface area contributed by atoms with Gasteiger partial charge in [-0.25, -0.2) is 4.79 Å². The number of hydrogen-bond donors (Lipinski definition) is 2. The van der Waals surface area contributed by atoms with E-state index in [0.717, 1.165) is 25.7 Å². The number of nitrogens with one attached hydrogen (secondary N) is 1. The standard InChI is InChI=1S/C13H23NO3/c1-9(15)14-11(12(16)17)8-10-4-6-13(2,3)7-5-10/h10-11H,4-8H2,1-3H3,(H,14,15)(H,16,17)/t11-/m0/s1. The van der Waals surface area contributed by atoms with Crippen LogP contribution in [0.4, 0.5) is 0 Å². The average Bonchev–Trinajstić information content (AvgIpc) is 2.19. The van der Waals surface area contributed by atoms with Gasteiger partial charge in [0.25, 0.3) is 0 Å². The summed E-state index contributed by atoms with van der Waals surface area (Å²) >= 11 is 0. The number of carboxylic acid groups (broad SMARTS) is 1. The van der Waals surface area contributed by atoms with E-state index >= 15 is 0 Å². The minimum absolute atomic E-state index is 0.270. The van der Waals surface area contributed by atoms with Gasteiger partial charge in [0.05, 0.1) is 0 Å². The van der Waals surface area contributed by atoms with Crippen LogP contribution in [0.5, 0.6) is 0 Å². The van der Waals surface area contributed by atoms with Gasteiger partial charge in [0.2, 0.25) is 5.91 Å². The van der Waals surface area contributed by atoms with Crippen molar-refractivity contribution in [3.8, 4) is 0 Å². The fourth-order valence-electron chi connectivity index (χ4n) is 2.49. The molecule has 0 aromatic rings. The van der Waals surface area contributed by atoms with Gasteiger partial charge in [-0.15, -0.1) is 0 Å². The summed E-state index contributed by atoms with van der Waals surface area (Å²) in [4.78, 5) is 22.0. The Hall–Kier alpha value is -1.06. The van der Waals surface area contributed by atoms with Gasteiger partial charge in [0.15, 0.2) is 0 Å². The second-order valence-corrected chi connectivity index (χ2v) is 5.93. The highest BCUT2D eigenvalue weighted by atomic mass is 16.4. The first-order chi connectivity index (χ1) is 7.80. The molecule has 0 unspecified atom stereocenters. The Labute approximate surface area is 103 Å². The predicted molar refractivity (Wildman–Crippen MR) is 65.6 cm³/mol. The highest BCUT2D eigenvalue weighted by molar-refractivity contribution is 5.82. The third kappa shape index (κ3) is 4.75. The van der Waals surface area contributed by atoms with E-state index in [9.17, 15) is 9.59 Å². The van der Waals surface area contributed by atoms with Crippen molar-refractivity contribution in [3.05, 3.63) is 0 Å². The van der Waals surface area contributed by atoms with E-state index in [-0.39, 0.29) is 5.91 Å². The number of hydrogen-bond acceptors (Lipinski definition) is 2. The third-order valence-electron chi connectivity index (χ3n) is 3.70. The van der Waals surface area contributed by atoms with Gasteiger partial charge in [-0.1, -0.05) is 13.8 Å². The van der Waals surface area contributed by atoms with Crippen LogP contribution in [0.25, 0.3) is 0 Å². The van der Waals surface area contributed by atoms with Gasteiger partial charge in [0.1, 0.15) is 6.04 Å². The number of carbonyl (C=O) groups excluding carboxylic acids is 1. The summed E-state index contributed by atoms with van der Waals surface area (Å²) in [5.41, 5.74) is 0.392. The molecule has 0 aliphatic heterocycles. The summed E-state index contributed by atoms with van der Waals surface area (Å²) in [5.74, 6) is -0.769. The van der Waals surface area contributed by atoms with Crippen LogP contribution in [0.15, 0.2) is 0 Å². The van der Waals surface area contributed by atoms with Gasteiger partial charge in [-0.3, -0.25) is 4.79 Å². The summed E-state index contributed by atoms with van der Waals surface area (Å²) < 4.78 is 0. The number of carbonyl (C=O) groups is 2. The zero-order chi connectivity index (χ0) is 13.1. The van der Waals surface area contributed by atoms with Crippen LogP contribution in [0.2, 0.25) is 0 Å². The van der Waals surface area contributed by atoms with Crippen molar-refractivity contribution < 1.29 is 14.7 Å². The Morgan fingerprint density at radius 1 is 1.35 bits per heavy atom. The number of amides is 1. The molecule has 1 aliphatic carbocycles. The summed E-state index contributed by atoms with van der Waals surface area (Å²) in [5, 5.41) is 11.5. The maximum absolute atomic E-state index is 11.0. The topological polar surface area (TPSA) is 66.4 Å². The number of aliphatic carboxylic acids is 1. The van der Waals surface area contributed by atoms with E-state index < -0.39 is 12.0 Å². The van der Waals surface area contributed by atoms with Crippen molar-refractivity contribution in [2.75, 3.05) is 0 Å². The lowest BCUT2D eigenvalue weighted by Gasteiger charge is -2.35. The zero-order valence-electron chi connectivity index (χ0n) is 11.0. The lowest BCUT2D eigenvalue weighted by atomic mass is 9.71. The Bertz CT molecular complexity index is 289. The molecule has 0 heterocycles. The first kappa shape index (κ1) is 14.0. The van der Waals surface area contributed by atoms with Gasteiger partial charge in [-0.05, 0) is 43.4 Å². The molecule has 0 radical (unpaired) electrons. The van der Waals surface area contributed by atoms with Crippen molar-refractivity contribution in [2.24, 2.45) is 11.3 Å². The van der Waals surface area contributed by atoms with Crippen molar-refractivity contribution in [2.45, 2.75) is 58.9 Å². The van der Waals surface area contributed by atoms with Crippen LogP contribution in [0, 0.1) is 11.3 Å². The summed E-state index contributed by atoms with van der Waals surface area (Å²) in [6, 6.07) is -0.723. The van der Waals surface area contributed by atoms with E-state index in [1.165, 1.54) is 6.92 Å². The van der Waals surface area contributed by atoms with Gasteiger partial charge < -0.3 is 10.4 Å². The highest BCUT2D eigenvalue weighted by Gasteiger charge is 2.30. The first-order valence-corrected chi connectivity index (χ1v) is 6.30. The molecular formula is C13H23NO3. The molecule has 0 saturated heterocycles. The van der Waals surface area contributed by atoms with Crippen LogP contribution in [0.3, 0.4) is 0 Å². The minimum Gasteiger partial charge on any atom is -0.480 e. The van der Waals surface area contributed by atoms with Gasteiger partial charge in [-0.2, -0.15) is 0 Å². The Kier molecular flexibility index (Phi) is 4.54. The van der Waals surface area contributed by atoms with Crippen molar-refractivity contribution in [1.82, 2.24) is 5.32 Å². The molecule has 98 valence electrons. The van der Waals surface area contributed by atoms with E-state index in [0.29, 0.717) is 17.8 Å². The van der Waals surface area contributed by atoms with Crippen LogP contribution in [-0.4, -0.2) is 23.0 Å². The molecule has 4 nitrogen and oxygen atoms in total. The fraction of sp³-hybridized carbons (Fsp3) is 0.846. The van der Waals surface area contributed by atoms with Crippen LogP contribution >= 0.6 is 0 Å². The minimum atomic E-state index is -0.926. The van der Waals surface area contributed by atoms with Crippen LogP contribution < -0.4 is 5.32 Å². The lowest BCUT2D eigenvalue weighted by Crippen LogP contribution is -2.41. The van der Waals surface area contributed by atoms with Crippen molar-refractivity contribution in [3.63, 3.8) is 0 Å². The van der Waals surface area contributed by atoms with E-state index in [4.69, 9.17) is 5.11 Å². The molecule has 4 heteroatoms. The normalized spacial score (nSPS) is 21.8. The van der Waals surface area contributed by atoms with Crippen molar-refractivity contribution >= 4 is 11.9 Å². The SMILES string of the molecule is CC(=O)N[C@@H](CC1CCC(C)(C)CC1)C(=O)O. The van der Waals surface area contributed by atoms with Crippen molar-refractivity contribution in [1.29, 1.82) is 0 Å². The maximum Gasteiger partial charge on any atom is 0.326 e. The third-order valence-corrected chi connectivity index (χ3v) is 3.70. The predicted octanol–water partition coefficient (Wildman–Crippen LogP) is 2.18. The summed E-state index contributed by atoms with van der Waals surface area (Å²) in [6.07, 6.45) is 4.98. The molecule has 0 spiro atoms. The summed E-state index contributed by atoms with van der Waals surface area (Å²) in [7, 11) is 0. The highest BCUT2D eigenvalue weighted by Crippen LogP contribution is 2.39. The molecule has 1 atom stereocenters. The number of carboxylic acids is 1. The molecule has 0 aromatic carbocycles. The van der Waals surface area contributed by atoms with Gasteiger partial charge >= 0.3 is 5.97 Å². The molecule has 1 saturated carbocycles. The molecular weight excluding hydrogens is 218 g/mol. The largest absolute Gasteiger partial charge is 0.480 e. The van der Waals surface area contributed by atoms with Crippen LogP contribution in [0.1, 0.15) is 52.9 Å². The Balaban J connectivity index is 2.46. The molecule has 17 heavy (non-hydrogen) atoms. The molecule has 1 fully saturated rings. The maximum atomic E-state index is 11.0. The Morgan fingerprint density at radius 3 is 2.29 bits per heavy atom. The molecule has 0 bridgehead atoms. The van der Waals surface area contributed by atoms with Gasteiger partial charge in [0, 0.05) is 6.92 Å². The average molecular weight is 241 g/mol. The monoisotopic (exact) mass is 241 g/mol. The Morgan fingerprint density at radius 2 is 1.88 bits per heavy atom. The lowest BCUT2D eigenvalue weighted by molar-refractivity contribution is -0.142. The smallest absolute Gasteiger partial charge is 0.326 e. The van der Waals surface area contributed by atoms with Crippen LogP contribution in [-0.2, 0) is 9.59 Å². The van der Waals surface area contributed by atoms with E-state index in [1.54, 1.807) is 0 Å². The number of rotatable bonds is 4. The first-order valence-electron chi connectivity index (χ1n) is 6.30. The van der Waals surface area contributed by atoms with E-state index in [1.807, 2.05) is 0 Å². The zero-order valence-corrected chi connectivity index (χ0v) is 11.0. The summed E-state index contributed by atoms with van der Waals surface area (Å²) in [6.45, 7) is 5.87. The molecule has 1 amide bonds. The molecule has 0 aromatic heterocycles. The molecule has 2 N–H and O–H groups in total. The second kappa shape index (κ2) is 5.52.